The minimum atomic E-state index is -0.109. The molecule has 2 aromatic heterocycles. The second-order valence-corrected chi connectivity index (χ2v) is 6.82. The summed E-state index contributed by atoms with van der Waals surface area (Å²) in [5.74, 6) is 0.755. The summed E-state index contributed by atoms with van der Waals surface area (Å²) in [6.45, 7) is 4.58. The number of hydrogen-bond donors (Lipinski definition) is 1. The summed E-state index contributed by atoms with van der Waals surface area (Å²) in [5, 5.41) is 3.09. The highest BCUT2D eigenvalue weighted by atomic mass is 16.3. The Hall–Kier alpha value is -3.53. The van der Waals surface area contributed by atoms with E-state index in [9.17, 15) is 4.79 Å². The lowest BCUT2D eigenvalue weighted by atomic mass is 10.0. The van der Waals surface area contributed by atoms with Crippen LogP contribution in [0, 0.1) is 13.8 Å². The minimum absolute atomic E-state index is 0.109. The van der Waals surface area contributed by atoms with E-state index in [1.165, 1.54) is 0 Å². The average molecular weight is 370 g/mol. The predicted molar refractivity (Wildman–Crippen MR) is 112 cm³/mol. The second kappa shape index (κ2) is 7.61. The van der Waals surface area contributed by atoms with Crippen LogP contribution < -0.4 is 5.32 Å². The van der Waals surface area contributed by atoms with E-state index < -0.39 is 0 Å². The number of aryl methyl sites for hydroxylation is 1. The first-order valence-corrected chi connectivity index (χ1v) is 9.28. The molecule has 28 heavy (non-hydrogen) atoms. The molecule has 0 aliphatic rings. The molecule has 2 aromatic carbocycles. The molecule has 140 valence electrons. The summed E-state index contributed by atoms with van der Waals surface area (Å²) < 4.78 is 7.55. The lowest BCUT2D eigenvalue weighted by Gasteiger charge is -2.12. The highest BCUT2D eigenvalue weighted by Crippen LogP contribution is 2.28. The topological polar surface area (TPSA) is 47.2 Å². The van der Waals surface area contributed by atoms with Gasteiger partial charge in [0.05, 0.1) is 18.4 Å². The summed E-state index contributed by atoms with van der Waals surface area (Å²) in [7, 11) is 0. The van der Waals surface area contributed by atoms with E-state index >= 15 is 0 Å². The van der Waals surface area contributed by atoms with Crippen molar-refractivity contribution in [3.63, 3.8) is 0 Å². The van der Waals surface area contributed by atoms with Gasteiger partial charge in [0, 0.05) is 22.6 Å². The van der Waals surface area contributed by atoms with Crippen LogP contribution in [0.1, 0.15) is 27.5 Å². The lowest BCUT2D eigenvalue weighted by Crippen LogP contribution is -2.14. The summed E-state index contributed by atoms with van der Waals surface area (Å²) >= 11 is 0. The van der Waals surface area contributed by atoms with Gasteiger partial charge in [0.2, 0.25) is 0 Å². The van der Waals surface area contributed by atoms with Crippen molar-refractivity contribution in [3.05, 3.63) is 102 Å². The van der Waals surface area contributed by atoms with Gasteiger partial charge in [-0.05, 0) is 43.7 Å². The number of aromatic nitrogens is 1. The van der Waals surface area contributed by atoms with E-state index in [-0.39, 0.29) is 5.91 Å². The van der Waals surface area contributed by atoms with Crippen LogP contribution in [0.4, 0.5) is 5.69 Å². The Kier molecular flexibility index (Phi) is 4.85. The molecule has 4 aromatic rings. The van der Waals surface area contributed by atoms with Gasteiger partial charge in [-0.2, -0.15) is 0 Å². The van der Waals surface area contributed by atoms with Gasteiger partial charge in [0.1, 0.15) is 5.76 Å². The number of nitrogens with one attached hydrogen (secondary N) is 1. The SMILES string of the molecule is Cc1cc(C(=O)Nc2ccccc2-c2ccccc2)c(C)n1Cc1ccco1. The Morgan fingerprint density at radius 1 is 0.964 bits per heavy atom. The molecule has 0 atom stereocenters. The van der Waals surface area contributed by atoms with Gasteiger partial charge in [-0.25, -0.2) is 0 Å². The molecule has 2 heterocycles. The maximum atomic E-state index is 13.0. The standard InChI is InChI=1S/C24H22N2O2/c1-17-15-22(18(2)26(17)16-20-11-8-14-28-20)24(27)25-23-13-7-6-12-21(23)19-9-4-3-5-10-19/h3-15H,16H2,1-2H3,(H,25,27). The molecular formula is C24H22N2O2. The van der Waals surface area contributed by atoms with Crippen molar-refractivity contribution in [2.75, 3.05) is 5.32 Å². The monoisotopic (exact) mass is 370 g/mol. The Balaban J connectivity index is 1.62. The third-order valence-electron chi connectivity index (χ3n) is 4.97. The molecule has 0 aliphatic heterocycles. The Morgan fingerprint density at radius 2 is 1.71 bits per heavy atom. The molecule has 1 amide bonds. The summed E-state index contributed by atoms with van der Waals surface area (Å²) in [4.78, 5) is 13.0. The zero-order valence-electron chi connectivity index (χ0n) is 16.0. The van der Waals surface area contributed by atoms with Crippen molar-refractivity contribution in [2.45, 2.75) is 20.4 Å². The molecule has 0 unspecified atom stereocenters. The first-order chi connectivity index (χ1) is 13.6. The fourth-order valence-corrected chi connectivity index (χ4v) is 3.48. The van der Waals surface area contributed by atoms with Crippen LogP contribution in [0.5, 0.6) is 0 Å². The van der Waals surface area contributed by atoms with Gasteiger partial charge in [-0.3, -0.25) is 4.79 Å². The molecule has 0 aliphatic carbocycles. The number of benzene rings is 2. The molecule has 0 fully saturated rings. The summed E-state index contributed by atoms with van der Waals surface area (Å²) in [5.41, 5.74) is 5.49. The predicted octanol–water partition coefficient (Wildman–Crippen LogP) is 5.67. The zero-order chi connectivity index (χ0) is 19.5. The van der Waals surface area contributed by atoms with Gasteiger partial charge in [0.15, 0.2) is 0 Å². The van der Waals surface area contributed by atoms with E-state index in [4.69, 9.17) is 4.42 Å². The third kappa shape index (κ3) is 3.49. The summed E-state index contributed by atoms with van der Waals surface area (Å²) in [6.07, 6.45) is 1.66. The van der Waals surface area contributed by atoms with Crippen molar-refractivity contribution in [3.8, 4) is 11.1 Å². The largest absolute Gasteiger partial charge is 0.467 e. The number of carbonyl (C=O) groups is 1. The average Bonchev–Trinajstić information content (AvgIpc) is 3.33. The molecule has 0 spiro atoms. The molecule has 0 saturated heterocycles. The van der Waals surface area contributed by atoms with E-state index in [2.05, 4.69) is 9.88 Å². The zero-order valence-corrected chi connectivity index (χ0v) is 16.0. The fourth-order valence-electron chi connectivity index (χ4n) is 3.48. The summed E-state index contributed by atoms with van der Waals surface area (Å²) in [6, 6.07) is 23.7. The van der Waals surface area contributed by atoms with Crippen LogP contribution in [0.25, 0.3) is 11.1 Å². The number of hydrogen-bond acceptors (Lipinski definition) is 2. The Morgan fingerprint density at radius 3 is 2.46 bits per heavy atom. The minimum Gasteiger partial charge on any atom is -0.467 e. The van der Waals surface area contributed by atoms with Gasteiger partial charge in [-0.15, -0.1) is 0 Å². The smallest absolute Gasteiger partial charge is 0.257 e. The van der Waals surface area contributed by atoms with Crippen molar-refractivity contribution in [1.82, 2.24) is 4.57 Å². The number of furan rings is 1. The molecule has 0 bridgehead atoms. The van der Waals surface area contributed by atoms with E-state index in [1.54, 1.807) is 6.26 Å². The number of amides is 1. The van der Waals surface area contributed by atoms with Crippen LogP contribution in [0.15, 0.2) is 83.5 Å². The number of para-hydroxylation sites is 1. The van der Waals surface area contributed by atoms with Crippen LogP contribution in [0.3, 0.4) is 0 Å². The van der Waals surface area contributed by atoms with Crippen molar-refractivity contribution >= 4 is 11.6 Å². The Bertz CT molecular complexity index is 1090. The molecule has 0 saturated carbocycles. The van der Waals surface area contributed by atoms with Crippen LogP contribution in [0.2, 0.25) is 0 Å². The first kappa shape index (κ1) is 17.9. The van der Waals surface area contributed by atoms with Gasteiger partial charge < -0.3 is 14.3 Å². The van der Waals surface area contributed by atoms with E-state index in [0.717, 1.165) is 34.0 Å². The van der Waals surface area contributed by atoms with Crippen LogP contribution in [-0.4, -0.2) is 10.5 Å². The highest BCUT2D eigenvalue weighted by Gasteiger charge is 2.17. The number of nitrogens with zero attached hydrogens (tertiary/aromatic N) is 1. The number of anilines is 1. The van der Waals surface area contributed by atoms with Crippen LogP contribution >= 0.6 is 0 Å². The molecule has 1 N–H and O–H groups in total. The van der Waals surface area contributed by atoms with Crippen molar-refractivity contribution in [1.29, 1.82) is 0 Å². The third-order valence-corrected chi connectivity index (χ3v) is 4.97. The molecule has 4 nitrogen and oxygen atoms in total. The van der Waals surface area contributed by atoms with Gasteiger partial charge in [-0.1, -0.05) is 48.5 Å². The van der Waals surface area contributed by atoms with Crippen LogP contribution in [-0.2, 0) is 6.54 Å². The maximum Gasteiger partial charge on any atom is 0.257 e. The van der Waals surface area contributed by atoms with Gasteiger partial charge >= 0.3 is 0 Å². The van der Waals surface area contributed by atoms with Crippen molar-refractivity contribution < 1.29 is 9.21 Å². The second-order valence-electron chi connectivity index (χ2n) is 6.82. The number of carbonyl (C=O) groups excluding carboxylic acids is 1. The van der Waals surface area contributed by atoms with E-state index in [1.807, 2.05) is 86.6 Å². The number of rotatable bonds is 5. The first-order valence-electron chi connectivity index (χ1n) is 9.28. The molecule has 4 heteroatoms. The molecular weight excluding hydrogens is 348 g/mol. The van der Waals surface area contributed by atoms with Gasteiger partial charge in [0.25, 0.3) is 5.91 Å². The quantitative estimate of drug-likeness (QED) is 0.492. The molecule has 4 rings (SSSR count). The highest BCUT2D eigenvalue weighted by molar-refractivity contribution is 6.07. The Labute approximate surface area is 164 Å². The van der Waals surface area contributed by atoms with E-state index in [0.29, 0.717) is 12.1 Å². The molecule has 0 radical (unpaired) electrons. The lowest BCUT2D eigenvalue weighted by molar-refractivity contribution is 0.102. The fraction of sp³-hybridized carbons (Fsp3) is 0.125. The normalized spacial score (nSPS) is 10.8. The maximum absolute atomic E-state index is 13.0. The van der Waals surface area contributed by atoms with Crippen molar-refractivity contribution in [2.24, 2.45) is 0 Å².